The van der Waals surface area contributed by atoms with Crippen molar-refractivity contribution in [1.29, 1.82) is 0 Å². The Kier molecular flexibility index (Phi) is 14.8. The predicted octanol–water partition coefficient (Wildman–Crippen LogP) is 4.25. The number of ketones is 1. The Morgan fingerprint density at radius 3 is 2.47 bits per heavy atom. The van der Waals surface area contributed by atoms with Crippen LogP contribution in [-0.4, -0.2) is 153 Å². The highest BCUT2D eigenvalue weighted by molar-refractivity contribution is 7.13. The van der Waals surface area contributed by atoms with Crippen LogP contribution >= 0.6 is 11.3 Å². The molecule has 18 heteroatoms. The van der Waals surface area contributed by atoms with Crippen molar-refractivity contribution in [2.24, 2.45) is 11.8 Å². The van der Waals surface area contributed by atoms with Crippen molar-refractivity contribution >= 4 is 29.2 Å². The van der Waals surface area contributed by atoms with E-state index in [9.17, 15) is 19.5 Å². The number of thiazole rings is 1. The van der Waals surface area contributed by atoms with Crippen molar-refractivity contribution in [2.45, 2.75) is 160 Å². The van der Waals surface area contributed by atoms with E-state index in [-0.39, 0.29) is 30.5 Å². The number of ether oxygens (including phenoxy) is 5. The second kappa shape index (κ2) is 18.6. The van der Waals surface area contributed by atoms with Gasteiger partial charge in [0.1, 0.15) is 22.9 Å². The number of carbonyl (C=O) groups is 3. The summed E-state index contributed by atoms with van der Waals surface area (Å²) in [7, 11) is 5.21. The van der Waals surface area contributed by atoms with Crippen LogP contribution in [0.25, 0.3) is 10.7 Å². The van der Waals surface area contributed by atoms with Gasteiger partial charge in [0.15, 0.2) is 17.7 Å². The van der Waals surface area contributed by atoms with E-state index >= 15 is 4.39 Å². The molecule has 1 amide bonds. The smallest absolute Gasteiger partial charge is 0.410 e. The Morgan fingerprint density at radius 1 is 1.12 bits per heavy atom. The number of aliphatic hydroxyl groups excluding tert-OH is 1. The Morgan fingerprint density at radius 2 is 1.83 bits per heavy atom. The second-order valence-corrected chi connectivity index (χ2v) is 18.1. The number of rotatable bonds is 11. The third kappa shape index (κ3) is 9.58. The molecule has 0 aliphatic carbocycles. The van der Waals surface area contributed by atoms with E-state index in [0.717, 1.165) is 11.9 Å². The number of methoxy groups -OCH3 is 1. The largest absolute Gasteiger partial charge is 0.455 e. The molecule has 0 radical (unpaired) electrons. The quantitative estimate of drug-likeness (QED) is 0.186. The number of alkyl halides is 1. The zero-order valence-corrected chi connectivity index (χ0v) is 36.7. The number of nitrogens with zero attached hydrogens (tertiary/aromatic N) is 6. The SMILES string of the molecule is CC[C@H]1OC(=O)C(C)(F)C(=O)[C@H](C)[C@@H](O[C@@H]2OC(C)CC(N(C)C)C2O)[C@](C)(OC)C[C@@H](C)CN[C@H](C)[C@H]2N(CCCCn3cc(-c4nccs4)nn3)C(=O)O[C@]12C. The fourth-order valence-corrected chi connectivity index (χ4v) is 9.66. The molecule has 3 aliphatic rings. The maximum absolute atomic E-state index is 16.9. The Balaban J connectivity index is 1.41. The minimum Gasteiger partial charge on any atom is -0.455 e. The van der Waals surface area contributed by atoms with Crippen molar-refractivity contribution in [3.05, 3.63) is 17.8 Å². The number of Topliss-reactive ketones (excluding diaryl/α,β-unsaturated/α-hetero) is 1. The van der Waals surface area contributed by atoms with E-state index in [2.05, 4.69) is 20.6 Å². The minimum atomic E-state index is -3.13. The number of carbonyl (C=O) groups excluding carboxylic acids is 3. The summed E-state index contributed by atoms with van der Waals surface area (Å²) in [5.41, 5.74) is -5.06. The number of likely N-dealkylation sites (N-methyl/N-ethyl adjacent to an activating group) is 1. The van der Waals surface area contributed by atoms with Crippen molar-refractivity contribution in [3.63, 3.8) is 0 Å². The van der Waals surface area contributed by atoms with Gasteiger partial charge in [0.05, 0.1) is 30.0 Å². The molecule has 0 aromatic carbocycles. The number of cyclic esters (lactones) is 1. The average molecular weight is 838 g/mol. The molecule has 58 heavy (non-hydrogen) atoms. The number of amides is 1. The molecule has 3 saturated heterocycles. The highest BCUT2D eigenvalue weighted by Crippen LogP contribution is 2.41. The first kappa shape index (κ1) is 45.9. The molecule has 2 aromatic rings. The van der Waals surface area contributed by atoms with Crippen LogP contribution in [0.1, 0.15) is 87.5 Å². The molecule has 3 fully saturated rings. The van der Waals surface area contributed by atoms with Gasteiger partial charge in [0, 0.05) is 49.8 Å². The van der Waals surface area contributed by atoms with Gasteiger partial charge in [-0.3, -0.25) is 14.4 Å². The second-order valence-electron chi connectivity index (χ2n) is 17.2. The number of unbranched alkanes of at least 4 members (excludes halogenated alkanes) is 1. The van der Waals surface area contributed by atoms with Gasteiger partial charge >= 0.3 is 12.1 Å². The average Bonchev–Trinajstić information content (AvgIpc) is 3.93. The van der Waals surface area contributed by atoms with Crippen LogP contribution in [0.5, 0.6) is 0 Å². The summed E-state index contributed by atoms with van der Waals surface area (Å²) >= 11 is 1.48. The summed E-state index contributed by atoms with van der Waals surface area (Å²) in [6.45, 7) is 14.8. The van der Waals surface area contributed by atoms with Crippen LogP contribution in [0.15, 0.2) is 17.8 Å². The zero-order valence-electron chi connectivity index (χ0n) is 35.8. The standard InChI is InChI=1S/C40H64FN7O9S/c1-12-29-40(8)31(48(37(52)57-40)17-14-13-16-47-22-27(44-45-47)34-42-15-18-58-34)26(5)43-21-23(2)20-38(6,53-11)33(25(4)32(50)39(7,41)36(51)55-29)56-35-30(49)28(46(9)10)19-24(3)54-35/h15,18,22-26,28-31,33,35,43,49H,12-14,16-17,19-21H2,1-11H3/t23-,24?,25+,26-,28?,29-,30?,31-,33-,35+,38-,39?,40-/m1/s1. The summed E-state index contributed by atoms with van der Waals surface area (Å²) in [6, 6.07) is -1.33. The molecule has 5 rings (SSSR count). The van der Waals surface area contributed by atoms with Crippen LogP contribution in [0.4, 0.5) is 9.18 Å². The molecule has 0 bridgehead atoms. The lowest BCUT2D eigenvalue weighted by Crippen LogP contribution is -2.61. The maximum Gasteiger partial charge on any atom is 0.410 e. The van der Waals surface area contributed by atoms with Gasteiger partial charge in [-0.05, 0) is 93.3 Å². The van der Waals surface area contributed by atoms with Crippen LogP contribution in [-0.2, 0) is 39.8 Å². The van der Waals surface area contributed by atoms with E-state index in [4.69, 9.17) is 23.7 Å². The lowest BCUT2D eigenvalue weighted by molar-refractivity contribution is -0.295. The molecular weight excluding hydrogens is 774 g/mol. The zero-order chi connectivity index (χ0) is 42.7. The lowest BCUT2D eigenvalue weighted by atomic mass is 9.78. The maximum atomic E-state index is 16.9. The minimum absolute atomic E-state index is 0.108. The number of hydrogen-bond acceptors (Lipinski definition) is 15. The summed E-state index contributed by atoms with van der Waals surface area (Å²) in [4.78, 5) is 49.8. The van der Waals surface area contributed by atoms with E-state index in [1.54, 1.807) is 36.5 Å². The number of halogens is 1. The van der Waals surface area contributed by atoms with Gasteiger partial charge in [-0.15, -0.1) is 16.4 Å². The molecule has 5 heterocycles. The first-order valence-corrected chi connectivity index (χ1v) is 21.3. The molecule has 0 saturated carbocycles. The number of aromatic nitrogens is 4. The molecule has 0 spiro atoms. The predicted molar refractivity (Wildman–Crippen MR) is 214 cm³/mol. The molecule has 13 atom stereocenters. The summed E-state index contributed by atoms with van der Waals surface area (Å²) in [5, 5.41) is 26.1. The highest BCUT2D eigenvalue weighted by Gasteiger charge is 2.60. The first-order chi connectivity index (χ1) is 27.3. The third-order valence-corrected chi connectivity index (χ3v) is 13.1. The van der Waals surface area contributed by atoms with E-state index in [0.29, 0.717) is 51.0 Å². The van der Waals surface area contributed by atoms with Gasteiger partial charge in [-0.2, -0.15) is 0 Å². The number of aryl methyl sites for hydroxylation is 1. The van der Waals surface area contributed by atoms with E-state index in [1.165, 1.54) is 25.4 Å². The molecule has 4 unspecified atom stereocenters. The van der Waals surface area contributed by atoms with Gasteiger partial charge in [0.25, 0.3) is 5.67 Å². The van der Waals surface area contributed by atoms with Gasteiger partial charge in [-0.1, -0.05) is 26.0 Å². The van der Waals surface area contributed by atoms with Crippen LogP contribution in [0, 0.1) is 11.8 Å². The molecular formula is C40H64FN7O9S. The van der Waals surface area contributed by atoms with E-state index in [1.807, 2.05) is 51.3 Å². The van der Waals surface area contributed by atoms with Crippen molar-refractivity contribution < 1.29 is 47.6 Å². The van der Waals surface area contributed by atoms with Crippen LogP contribution in [0.2, 0.25) is 0 Å². The monoisotopic (exact) mass is 837 g/mol. The highest BCUT2D eigenvalue weighted by atomic mass is 32.1. The fourth-order valence-electron chi connectivity index (χ4n) is 9.07. The third-order valence-electron chi connectivity index (χ3n) is 12.3. The lowest BCUT2D eigenvalue weighted by Gasteiger charge is -2.47. The van der Waals surface area contributed by atoms with Gasteiger partial charge in [-0.25, -0.2) is 19.0 Å². The Labute approximate surface area is 345 Å². The van der Waals surface area contributed by atoms with Gasteiger partial charge in [0.2, 0.25) is 0 Å². The molecule has 2 N–H and O–H groups in total. The Hall–Kier alpha value is -3.13. The summed E-state index contributed by atoms with van der Waals surface area (Å²) < 4.78 is 49.5. The number of aliphatic hydroxyl groups is 1. The molecule has 2 aromatic heterocycles. The van der Waals surface area contributed by atoms with Crippen molar-refractivity contribution in [3.8, 4) is 10.7 Å². The Bertz CT molecular complexity index is 1700. The fraction of sp³-hybridized carbons (Fsp3) is 0.800. The molecule has 3 aliphatic heterocycles. The summed E-state index contributed by atoms with van der Waals surface area (Å²) in [6.07, 6.45) is 0.517. The van der Waals surface area contributed by atoms with Crippen LogP contribution < -0.4 is 5.32 Å². The van der Waals surface area contributed by atoms with Crippen molar-refractivity contribution in [1.82, 2.24) is 35.1 Å². The van der Waals surface area contributed by atoms with Crippen LogP contribution in [0.3, 0.4) is 0 Å². The number of fused-ring (bicyclic) bond motifs is 1. The number of hydrogen-bond donors (Lipinski definition) is 2. The van der Waals surface area contributed by atoms with Gasteiger partial charge < -0.3 is 39.0 Å². The normalized spacial score (nSPS) is 38.2. The van der Waals surface area contributed by atoms with E-state index < -0.39 is 71.3 Å². The number of esters is 1. The number of nitrogens with one attached hydrogen (secondary N) is 1. The molecule has 326 valence electrons. The topological polar surface area (TPSA) is 180 Å². The summed E-state index contributed by atoms with van der Waals surface area (Å²) in [5.74, 6) is -3.84. The molecule has 16 nitrogen and oxygen atoms in total. The van der Waals surface area contributed by atoms with Crippen molar-refractivity contribution in [2.75, 3.05) is 34.3 Å². The first-order valence-electron chi connectivity index (χ1n) is 20.4.